The maximum absolute atomic E-state index is 13.2. The molecule has 1 fully saturated rings. The number of halogens is 1. The Morgan fingerprint density at radius 1 is 1.35 bits per heavy atom. The Morgan fingerprint density at radius 3 is 2.95 bits per heavy atom. The zero-order valence-corrected chi connectivity index (χ0v) is 11.9. The summed E-state index contributed by atoms with van der Waals surface area (Å²) in [5.41, 5.74) is 0.951. The van der Waals surface area contributed by atoms with Crippen molar-refractivity contribution in [2.45, 2.75) is 50.4 Å². The first kappa shape index (κ1) is 13.8. The van der Waals surface area contributed by atoms with Gasteiger partial charge in [-0.3, -0.25) is 4.90 Å². The predicted molar refractivity (Wildman–Crippen MR) is 75.4 cm³/mol. The predicted octanol–water partition coefficient (Wildman–Crippen LogP) is 2.36. The first-order chi connectivity index (χ1) is 9.63. The quantitative estimate of drug-likeness (QED) is 0.922. The third-order valence-electron chi connectivity index (χ3n) is 4.52. The largest absolute Gasteiger partial charge is 0.488 e. The Hall–Kier alpha value is -1.13. The highest BCUT2D eigenvalue weighted by atomic mass is 19.1. The van der Waals surface area contributed by atoms with Crippen molar-refractivity contribution in [2.75, 3.05) is 13.6 Å². The Morgan fingerprint density at radius 2 is 2.15 bits per heavy atom. The molecule has 1 saturated carbocycles. The van der Waals surface area contributed by atoms with Gasteiger partial charge in [0.15, 0.2) is 0 Å². The van der Waals surface area contributed by atoms with Crippen LogP contribution >= 0.6 is 0 Å². The van der Waals surface area contributed by atoms with Crippen LogP contribution in [-0.4, -0.2) is 41.8 Å². The molecule has 20 heavy (non-hydrogen) atoms. The summed E-state index contributed by atoms with van der Waals surface area (Å²) in [6.07, 6.45) is 4.83. The van der Waals surface area contributed by atoms with Crippen molar-refractivity contribution in [1.82, 2.24) is 4.90 Å². The molecular weight excluding hydrogens is 257 g/mol. The van der Waals surface area contributed by atoms with Crippen LogP contribution in [0.1, 0.15) is 31.2 Å². The molecule has 1 aromatic rings. The molecule has 0 saturated heterocycles. The van der Waals surface area contributed by atoms with Gasteiger partial charge in [0.05, 0.1) is 6.10 Å². The van der Waals surface area contributed by atoms with Gasteiger partial charge in [-0.15, -0.1) is 0 Å². The smallest absolute Gasteiger partial charge is 0.123 e. The number of aliphatic hydroxyl groups excluding tert-OH is 1. The molecule has 1 N–H and O–H groups in total. The van der Waals surface area contributed by atoms with Gasteiger partial charge in [-0.1, -0.05) is 12.8 Å². The fourth-order valence-corrected chi connectivity index (χ4v) is 3.45. The van der Waals surface area contributed by atoms with E-state index in [0.717, 1.165) is 43.5 Å². The highest BCUT2D eigenvalue weighted by Gasteiger charge is 2.30. The summed E-state index contributed by atoms with van der Waals surface area (Å²) in [6.45, 7) is 0.776. The lowest BCUT2D eigenvalue weighted by molar-refractivity contribution is 0.0182. The van der Waals surface area contributed by atoms with Crippen LogP contribution in [-0.2, 0) is 6.42 Å². The number of rotatable bonds is 3. The molecule has 3 unspecified atom stereocenters. The number of hydrogen-bond acceptors (Lipinski definition) is 3. The fourth-order valence-electron chi connectivity index (χ4n) is 3.45. The standard InChI is InChI=1S/C16H22FNO2/c1-18(14-4-2-3-5-15(14)19)10-13-9-11-8-12(17)6-7-16(11)20-13/h6-8,13-15,19H,2-5,9-10H2,1H3. The second-order valence-electron chi connectivity index (χ2n) is 6.05. The average molecular weight is 279 g/mol. The molecule has 1 aromatic carbocycles. The van der Waals surface area contributed by atoms with Crippen LogP contribution < -0.4 is 4.74 Å². The number of aliphatic hydroxyl groups is 1. The van der Waals surface area contributed by atoms with Gasteiger partial charge in [0.2, 0.25) is 0 Å². The van der Waals surface area contributed by atoms with Crippen molar-refractivity contribution in [3.63, 3.8) is 0 Å². The topological polar surface area (TPSA) is 32.7 Å². The van der Waals surface area contributed by atoms with Gasteiger partial charge >= 0.3 is 0 Å². The van der Waals surface area contributed by atoms with Gasteiger partial charge in [-0.2, -0.15) is 0 Å². The maximum Gasteiger partial charge on any atom is 0.123 e. The van der Waals surface area contributed by atoms with Crippen LogP contribution in [0.3, 0.4) is 0 Å². The number of ether oxygens (including phenoxy) is 1. The third kappa shape index (κ3) is 2.81. The van der Waals surface area contributed by atoms with E-state index in [1.165, 1.54) is 12.5 Å². The van der Waals surface area contributed by atoms with Crippen molar-refractivity contribution >= 4 is 0 Å². The molecule has 0 spiro atoms. The average Bonchev–Trinajstić information content (AvgIpc) is 2.80. The summed E-state index contributed by atoms with van der Waals surface area (Å²) in [4.78, 5) is 2.21. The number of likely N-dealkylation sites (N-methyl/N-ethyl adjacent to an activating group) is 1. The zero-order chi connectivity index (χ0) is 14.1. The highest BCUT2D eigenvalue weighted by molar-refractivity contribution is 5.37. The Balaban J connectivity index is 1.59. The molecule has 0 amide bonds. The van der Waals surface area contributed by atoms with E-state index in [9.17, 15) is 9.50 Å². The molecule has 4 heteroatoms. The minimum atomic E-state index is -0.227. The van der Waals surface area contributed by atoms with Gasteiger partial charge in [0, 0.05) is 24.6 Å². The van der Waals surface area contributed by atoms with Crippen molar-refractivity contribution in [3.8, 4) is 5.75 Å². The molecule has 0 aromatic heterocycles. The van der Waals surface area contributed by atoms with E-state index in [1.54, 1.807) is 12.1 Å². The van der Waals surface area contributed by atoms with E-state index in [2.05, 4.69) is 4.90 Å². The second-order valence-corrected chi connectivity index (χ2v) is 6.05. The van der Waals surface area contributed by atoms with Crippen LogP contribution in [0.5, 0.6) is 5.75 Å². The normalized spacial score (nSPS) is 29.3. The van der Waals surface area contributed by atoms with Gasteiger partial charge in [-0.05, 0) is 38.1 Å². The van der Waals surface area contributed by atoms with Crippen LogP contribution in [0.4, 0.5) is 4.39 Å². The molecular formula is C16H22FNO2. The molecule has 0 bridgehead atoms. The summed E-state index contributed by atoms with van der Waals surface area (Å²) in [7, 11) is 2.05. The van der Waals surface area contributed by atoms with Crippen molar-refractivity contribution in [3.05, 3.63) is 29.6 Å². The summed E-state index contributed by atoms with van der Waals surface area (Å²) in [6, 6.07) is 4.94. The first-order valence-electron chi connectivity index (χ1n) is 7.47. The SMILES string of the molecule is CN(CC1Cc2cc(F)ccc2O1)C1CCCCC1O. The van der Waals surface area contributed by atoms with E-state index in [4.69, 9.17) is 4.74 Å². The molecule has 0 radical (unpaired) electrons. The van der Waals surface area contributed by atoms with Crippen LogP contribution in [0.15, 0.2) is 18.2 Å². The zero-order valence-electron chi connectivity index (χ0n) is 11.9. The van der Waals surface area contributed by atoms with Crippen molar-refractivity contribution < 1.29 is 14.2 Å². The molecule has 2 aliphatic rings. The summed E-state index contributed by atoms with van der Waals surface area (Å²) in [5, 5.41) is 10.1. The van der Waals surface area contributed by atoms with Gasteiger partial charge in [0.1, 0.15) is 17.7 Å². The third-order valence-corrected chi connectivity index (χ3v) is 4.52. The molecule has 3 rings (SSSR count). The molecule has 110 valence electrons. The Labute approximate surface area is 119 Å². The fraction of sp³-hybridized carbons (Fsp3) is 0.625. The Bertz CT molecular complexity index is 480. The van der Waals surface area contributed by atoms with Crippen molar-refractivity contribution in [1.29, 1.82) is 0 Å². The first-order valence-corrected chi connectivity index (χ1v) is 7.47. The van der Waals surface area contributed by atoms with Gasteiger partial charge < -0.3 is 9.84 Å². The number of fused-ring (bicyclic) bond motifs is 1. The number of nitrogens with zero attached hydrogens (tertiary/aromatic N) is 1. The van der Waals surface area contributed by atoms with Gasteiger partial charge in [-0.25, -0.2) is 4.39 Å². The molecule has 1 heterocycles. The monoisotopic (exact) mass is 279 g/mol. The molecule has 3 atom stereocenters. The minimum Gasteiger partial charge on any atom is -0.488 e. The van der Waals surface area contributed by atoms with Crippen molar-refractivity contribution in [2.24, 2.45) is 0 Å². The number of benzene rings is 1. The molecule has 3 nitrogen and oxygen atoms in total. The molecule has 1 aliphatic carbocycles. The van der Waals surface area contributed by atoms with Crippen LogP contribution in [0, 0.1) is 5.82 Å². The van der Waals surface area contributed by atoms with E-state index in [1.807, 2.05) is 7.05 Å². The summed E-state index contributed by atoms with van der Waals surface area (Å²) in [5.74, 6) is 0.595. The van der Waals surface area contributed by atoms with E-state index in [-0.39, 0.29) is 24.1 Å². The molecule has 1 aliphatic heterocycles. The lowest BCUT2D eigenvalue weighted by Crippen LogP contribution is -2.46. The minimum absolute atomic E-state index is 0.0610. The van der Waals surface area contributed by atoms with Crippen LogP contribution in [0.25, 0.3) is 0 Å². The lowest BCUT2D eigenvalue weighted by atomic mass is 9.91. The highest BCUT2D eigenvalue weighted by Crippen LogP contribution is 2.30. The van der Waals surface area contributed by atoms with E-state index in [0.29, 0.717) is 0 Å². The lowest BCUT2D eigenvalue weighted by Gasteiger charge is -2.36. The Kier molecular flexibility index (Phi) is 3.94. The summed E-state index contributed by atoms with van der Waals surface area (Å²) >= 11 is 0. The van der Waals surface area contributed by atoms with Crippen LogP contribution in [0.2, 0.25) is 0 Å². The maximum atomic E-state index is 13.2. The second kappa shape index (κ2) is 5.70. The number of hydrogen-bond donors (Lipinski definition) is 1. The summed E-state index contributed by atoms with van der Waals surface area (Å²) < 4.78 is 19.1. The van der Waals surface area contributed by atoms with E-state index >= 15 is 0 Å². The van der Waals surface area contributed by atoms with Gasteiger partial charge in [0.25, 0.3) is 0 Å². The van der Waals surface area contributed by atoms with E-state index < -0.39 is 0 Å².